The van der Waals surface area contributed by atoms with Gasteiger partial charge in [0.1, 0.15) is 5.69 Å². The lowest BCUT2D eigenvalue weighted by Gasteiger charge is -2.22. The highest BCUT2D eigenvalue weighted by molar-refractivity contribution is 5.95. The number of pyridine rings is 1. The summed E-state index contributed by atoms with van der Waals surface area (Å²) in [5.74, 6) is -0.766. The van der Waals surface area contributed by atoms with Crippen molar-refractivity contribution in [1.82, 2.24) is 14.8 Å². The van der Waals surface area contributed by atoms with Gasteiger partial charge in [0.15, 0.2) is 0 Å². The highest BCUT2D eigenvalue weighted by Crippen LogP contribution is 2.21. The van der Waals surface area contributed by atoms with Crippen molar-refractivity contribution in [3.05, 3.63) is 29.6 Å². The normalized spacial score (nSPS) is 22.3. The Morgan fingerprint density at radius 3 is 2.50 bits per heavy atom. The van der Waals surface area contributed by atoms with Gasteiger partial charge in [-0.1, -0.05) is 6.92 Å². The number of carbonyl (C=O) groups is 2. The Hall–Kier alpha value is -1.95. The van der Waals surface area contributed by atoms with Crippen molar-refractivity contribution >= 4 is 11.9 Å². The molecule has 0 saturated carbocycles. The van der Waals surface area contributed by atoms with Gasteiger partial charge in [0.2, 0.25) is 0 Å². The zero-order valence-corrected chi connectivity index (χ0v) is 11.9. The molecule has 1 fully saturated rings. The summed E-state index contributed by atoms with van der Waals surface area (Å²) in [6, 6.07) is 3.23. The number of likely N-dealkylation sites (N-methyl/N-ethyl adjacent to an activating group) is 1. The number of nitrogens with zero attached hydrogens (tertiary/aromatic N) is 3. The summed E-state index contributed by atoms with van der Waals surface area (Å²) in [6.45, 7) is 3.53. The molecule has 20 heavy (non-hydrogen) atoms. The number of amides is 1. The quantitative estimate of drug-likeness (QED) is 0.884. The van der Waals surface area contributed by atoms with Gasteiger partial charge in [-0.25, -0.2) is 9.78 Å². The predicted molar refractivity (Wildman–Crippen MR) is 73.7 cm³/mol. The Bertz CT molecular complexity index is 513. The molecule has 1 aromatic rings. The number of aromatic carboxylic acids is 1. The lowest BCUT2D eigenvalue weighted by atomic mass is 10.1. The molecule has 6 nitrogen and oxygen atoms in total. The van der Waals surface area contributed by atoms with Crippen LogP contribution in [0.2, 0.25) is 0 Å². The van der Waals surface area contributed by atoms with Crippen molar-refractivity contribution in [1.29, 1.82) is 0 Å². The summed E-state index contributed by atoms with van der Waals surface area (Å²) in [5, 5.41) is 8.79. The first-order valence-electron chi connectivity index (χ1n) is 6.55. The molecular formula is C14H19N3O3. The molecule has 1 N–H and O–H groups in total. The van der Waals surface area contributed by atoms with Crippen LogP contribution in [0.25, 0.3) is 0 Å². The van der Waals surface area contributed by atoms with Crippen LogP contribution >= 0.6 is 0 Å². The van der Waals surface area contributed by atoms with Crippen LogP contribution in [-0.2, 0) is 0 Å². The molecule has 2 rings (SSSR count). The lowest BCUT2D eigenvalue weighted by Crippen LogP contribution is -2.35. The minimum atomic E-state index is -1.09. The molecule has 1 aromatic heterocycles. The van der Waals surface area contributed by atoms with Gasteiger partial charge in [-0.3, -0.25) is 4.79 Å². The second kappa shape index (κ2) is 5.58. The third-order valence-electron chi connectivity index (χ3n) is 3.75. The fourth-order valence-electron chi connectivity index (χ4n) is 2.62. The molecule has 0 bridgehead atoms. The summed E-state index contributed by atoms with van der Waals surface area (Å²) in [7, 11) is 4.02. The monoisotopic (exact) mass is 277 g/mol. The van der Waals surface area contributed by atoms with Gasteiger partial charge < -0.3 is 14.9 Å². The van der Waals surface area contributed by atoms with E-state index < -0.39 is 5.97 Å². The maximum absolute atomic E-state index is 12.4. The molecule has 2 heterocycles. The molecule has 0 radical (unpaired) electrons. The zero-order chi connectivity index (χ0) is 14.9. The van der Waals surface area contributed by atoms with Crippen LogP contribution in [0.15, 0.2) is 18.3 Å². The third-order valence-corrected chi connectivity index (χ3v) is 3.75. The molecule has 2 unspecified atom stereocenters. The Labute approximate surface area is 118 Å². The van der Waals surface area contributed by atoms with Crippen molar-refractivity contribution in [2.24, 2.45) is 5.92 Å². The Kier molecular flexibility index (Phi) is 4.04. The van der Waals surface area contributed by atoms with Crippen LogP contribution in [0.1, 0.15) is 27.8 Å². The van der Waals surface area contributed by atoms with Crippen molar-refractivity contribution in [2.75, 3.05) is 27.2 Å². The van der Waals surface area contributed by atoms with Crippen molar-refractivity contribution in [3.63, 3.8) is 0 Å². The molecule has 0 spiro atoms. The molecule has 1 aliphatic rings. The second-order valence-electron chi connectivity index (χ2n) is 5.46. The van der Waals surface area contributed by atoms with E-state index in [4.69, 9.17) is 5.11 Å². The highest BCUT2D eigenvalue weighted by Gasteiger charge is 2.34. The molecule has 2 atom stereocenters. The van der Waals surface area contributed by atoms with Crippen LogP contribution in [0.4, 0.5) is 0 Å². The van der Waals surface area contributed by atoms with Crippen LogP contribution in [0.5, 0.6) is 0 Å². The Morgan fingerprint density at radius 2 is 2.05 bits per heavy atom. The van der Waals surface area contributed by atoms with E-state index in [1.165, 1.54) is 18.3 Å². The Balaban J connectivity index is 2.10. The first-order valence-corrected chi connectivity index (χ1v) is 6.55. The van der Waals surface area contributed by atoms with E-state index in [1.807, 2.05) is 14.1 Å². The fourth-order valence-corrected chi connectivity index (χ4v) is 2.62. The fraction of sp³-hybridized carbons (Fsp3) is 0.500. The molecular weight excluding hydrogens is 258 g/mol. The topological polar surface area (TPSA) is 73.7 Å². The minimum Gasteiger partial charge on any atom is -0.477 e. The van der Waals surface area contributed by atoms with E-state index in [9.17, 15) is 9.59 Å². The van der Waals surface area contributed by atoms with Crippen LogP contribution in [-0.4, -0.2) is 65.0 Å². The number of carboxylic acids is 1. The number of carboxylic acid groups (broad SMARTS) is 1. The largest absolute Gasteiger partial charge is 0.477 e. The van der Waals surface area contributed by atoms with Crippen molar-refractivity contribution in [2.45, 2.75) is 13.0 Å². The number of likely N-dealkylation sites (tertiary alicyclic amines) is 1. The van der Waals surface area contributed by atoms with Crippen LogP contribution in [0.3, 0.4) is 0 Å². The SMILES string of the molecule is CC1CN(C(=O)c2ccc(C(=O)O)nc2)CC1N(C)C. The lowest BCUT2D eigenvalue weighted by molar-refractivity contribution is 0.0688. The summed E-state index contributed by atoms with van der Waals surface area (Å²) in [5.41, 5.74) is 0.379. The van der Waals surface area contributed by atoms with Gasteiger partial charge in [-0.2, -0.15) is 0 Å². The number of hydrogen-bond acceptors (Lipinski definition) is 4. The predicted octanol–water partition coefficient (Wildman–Crippen LogP) is 0.802. The molecule has 1 aliphatic heterocycles. The molecule has 6 heteroatoms. The van der Waals surface area contributed by atoms with Crippen LogP contribution < -0.4 is 0 Å². The van der Waals surface area contributed by atoms with Crippen LogP contribution in [0, 0.1) is 5.92 Å². The maximum atomic E-state index is 12.4. The summed E-state index contributed by atoms with van der Waals surface area (Å²) >= 11 is 0. The van der Waals surface area contributed by atoms with Gasteiger partial charge in [-0.15, -0.1) is 0 Å². The van der Waals surface area contributed by atoms with Gasteiger partial charge >= 0.3 is 5.97 Å². The van der Waals surface area contributed by atoms with Crippen molar-refractivity contribution in [3.8, 4) is 0 Å². The molecule has 0 aliphatic carbocycles. The summed E-state index contributed by atoms with van der Waals surface area (Å²) in [4.78, 5) is 30.8. The minimum absolute atomic E-state index is 0.0532. The van der Waals surface area contributed by atoms with E-state index in [2.05, 4.69) is 16.8 Å². The molecule has 1 amide bonds. The first-order chi connectivity index (χ1) is 9.40. The van der Waals surface area contributed by atoms with Gasteiger partial charge in [-0.05, 0) is 32.1 Å². The van der Waals surface area contributed by atoms with E-state index in [0.717, 1.165) is 0 Å². The second-order valence-corrected chi connectivity index (χ2v) is 5.46. The van der Waals surface area contributed by atoms with E-state index >= 15 is 0 Å². The first kappa shape index (κ1) is 14.5. The number of hydrogen-bond donors (Lipinski definition) is 1. The summed E-state index contributed by atoms with van der Waals surface area (Å²) in [6.07, 6.45) is 1.33. The van der Waals surface area contributed by atoms with E-state index in [-0.39, 0.29) is 11.6 Å². The smallest absolute Gasteiger partial charge is 0.354 e. The zero-order valence-electron chi connectivity index (χ0n) is 11.9. The number of carbonyl (C=O) groups excluding carboxylic acids is 1. The standard InChI is InChI=1S/C14H19N3O3/c1-9-7-17(8-12(9)16(2)3)13(18)10-4-5-11(14(19)20)15-6-10/h4-6,9,12H,7-8H2,1-3H3,(H,19,20). The molecule has 1 saturated heterocycles. The average Bonchev–Trinajstić information content (AvgIpc) is 2.80. The maximum Gasteiger partial charge on any atom is 0.354 e. The number of aromatic nitrogens is 1. The van der Waals surface area contributed by atoms with Gasteiger partial charge in [0.25, 0.3) is 5.91 Å². The van der Waals surface area contributed by atoms with E-state index in [1.54, 1.807) is 4.90 Å². The van der Waals surface area contributed by atoms with Gasteiger partial charge in [0, 0.05) is 25.3 Å². The summed E-state index contributed by atoms with van der Waals surface area (Å²) < 4.78 is 0. The Morgan fingerprint density at radius 1 is 1.35 bits per heavy atom. The number of rotatable bonds is 3. The molecule has 108 valence electrons. The molecule has 0 aromatic carbocycles. The third kappa shape index (κ3) is 2.80. The average molecular weight is 277 g/mol. The highest BCUT2D eigenvalue weighted by atomic mass is 16.4. The van der Waals surface area contributed by atoms with Gasteiger partial charge in [0.05, 0.1) is 5.56 Å². The van der Waals surface area contributed by atoms with E-state index in [0.29, 0.717) is 30.6 Å². The van der Waals surface area contributed by atoms with Crippen molar-refractivity contribution < 1.29 is 14.7 Å².